The number of nitrogens with one attached hydrogen (secondary N) is 1. The van der Waals surface area contributed by atoms with Crippen LogP contribution in [0, 0.1) is 6.92 Å². The molecule has 1 amide bonds. The number of carbonyl (C=O) groups is 1. The topological polar surface area (TPSA) is 93.8 Å². The third kappa shape index (κ3) is 6.59. The van der Waals surface area contributed by atoms with Crippen molar-refractivity contribution < 1.29 is 9.35 Å². The molecule has 7 heteroatoms. The second-order valence-electron chi connectivity index (χ2n) is 9.04. The summed E-state index contributed by atoms with van der Waals surface area (Å²) in [6, 6.07) is 5.70. The zero-order valence-electron chi connectivity index (χ0n) is 19.6. The van der Waals surface area contributed by atoms with Crippen molar-refractivity contribution in [2.24, 2.45) is 4.99 Å². The van der Waals surface area contributed by atoms with E-state index in [2.05, 4.69) is 12.2 Å². The van der Waals surface area contributed by atoms with E-state index in [-0.39, 0.29) is 5.91 Å². The summed E-state index contributed by atoms with van der Waals surface area (Å²) in [5.41, 5.74) is 7.93. The van der Waals surface area contributed by atoms with E-state index in [1.807, 2.05) is 35.5 Å². The van der Waals surface area contributed by atoms with Gasteiger partial charge in [0.25, 0.3) is 5.91 Å². The van der Waals surface area contributed by atoms with Crippen LogP contribution in [0.2, 0.25) is 0 Å². The van der Waals surface area contributed by atoms with E-state index >= 15 is 0 Å². The minimum absolute atomic E-state index is 0.0221. The van der Waals surface area contributed by atoms with Gasteiger partial charge in [-0.15, -0.1) is 4.31 Å². The molecule has 1 aromatic rings. The average Bonchev–Trinajstić information content (AvgIpc) is 3.07. The molecule has 0 radical (unpaired) electrons. The maximum atomic E-state index is 12.8. The van der Waals surface area contributed by atoms with Crippen LogP contribution in [0.1, 0.15) is 82.3 Å². The zero-order chi connectivity index (χ0) is 23.0. The molecule has 176 valence electrons. The normalized spacial score (nSPS) is 19.5. The van der Waals surface area contributed by atoms with E-state index in [1.54, 1.807) is 5.41 Å². The summed E-state index contributed by atoms with van der Waals surface area (Å²) in [7, 11) is 0. The van der Waals surface area contributed by atoms with Crippen LogP contribution in [0.4, 0.5) is 5.69 Å². The number of carbonyl (C=O) groups excluding carboxylic acids is 1. The minimum Gasteiger partial charge on any atom is -0.593 e. The average molecular weight is 459 g/mol. The first-order valence-electron chi connectivity index (χ1n) is 12.0. The molecule has 0 aliphatic carbocycles. The van der Waals surface area contributed by atoms with Gasteiger partial charge in [-0.2, -0.15) is 0 Å². The lowest BCUT2D eigenvalue weighted by molar-refractivity contribution is -0.124. The van der Waals surface area contributed by atoms with Gasteiger partial charge in [0, 0.05) is 25.2 Å². The molecule has 32 heavy (non-hydrogen) atoms. The number of aliphatic imine (C=N–C) groups is 1. The summed E-state index contributed by atoms with van der Waals surface area (Å²) >= 11 is -1.23. The summed E-state index contributed by atoms with van der Waals surface area (Å²) in [6.45, 7) is 5.42. The number of amides is 1. The Kier molecular flexibility index (Phi) is 9.20. The molecule has 0 aromatic heterocycles. The molecule has 1 fully saturated rings. The van der Waals surface area contributed by atoms with Gasteiger partial charge in [-0.25, -0.2) is 0 Å². The second-order valence-corrected chi connectivity index (χ2v) is 10.4. The van der Waals surface area contributed by atoms with Crippen LogP contribution in [0.15, 0.2) is 28.6 Å². The van der Waals surface area contributed by atoms with E-state index in [9.17, 15) is 9.35 Å². The molecule has 1 aromatic carbocycles. The Balaban J connectivity index is 1.46. The van der Waals surface area contributed by atoms with Gasteiger partial charge in [0.15, 0.2) is 0 Å². The number of anilines is 1. The smallest absolute Gasteiger partial charge is 0.253 e. The molecular formula is C25H38N4O2S. The number of nitrogens with zero attached hydrogens (tertiary/aromatic N) is 2. The molecule has 2 aliphatic heterocycles. The highest BCUT2D eigenvalue weighted by molar-refractivity contribution is 7.92. The van der Waals surface area contributed by atoms with Crippen LogP contribution in [0.5, 0.6) is 0 Å². The molecule has 2 aliphatic rings. The highest BCUT2D eigenvalue weighted by atomic mass is 32.2. The lowest BCUT2D eigenvalue weighted by Gasteiger charge is -2.34. The molecule has 0 saturated carbocycles. The zero-order valence-corrected chi connectivity index (χ0v) is 20.4. The van der Waals surface area contributed by atoms with Gasteiger partial charge in [-0.1, -0.05) is 51.5 Å². The predicted octanol–water partition coefficient (Wildman–Crippen LogP) is 4.72. The van der Waals surface area contributed by atoms with Gasteiger partial charge in [0.05, 0.1) is 11.4 Å². The summed E-state index contributed by atoms with van der Waals surface area (Å²) in [4.78, 5) is 17.5. The van der Waals surface area contributed by atoms with Gasteiger partial charge >= 0.3 is 0 Å². The molecule has 3 rings (SSSR count). The summed E-state index contributed by atoms with van der Waals surface area (Å²) in [5.74, 6) is 0.866. The van der Waals surface area contributed by atoms with Gasteiger partial charge in [0.1, 0.15) is 16.8 Å². The lowest BCUT2D eigenvalue weighted by atomic mass is 9.89. The fourth-order valence-electron chi connectivity index (χ4n) is 4.43. The number of nitrogens with two attached hydrogens (primary N) is 1. The first-order chi connectivity index (χ1) is 15.4. The number of nitrogen functional groups attached to an aromatic ring is 1. The number of rotatable bonds is 11. The number of hydrogen-bond donors (Lipinski definition) is 2. The quantitative estimate of drug-likeness (QED) is 0.285. The molecule has 1 saturated heterocycles. The van der Waals surface area contributed by atoms with Gasteiger partial charge in [-0.05, 0) is 55.5 Å². The molecule has 1 atom stereocenters. The van der Waals surface area contributed by atoms with E-state index in [0.29, 0.717) is 25.9 Å². The van der Waals surface area contributed by atoms with Gasteiger partial charge in [-0.3, -0.25) is 9.79 Å². The first-order valence-corrected chi connectivity index (χ1v) is 13.2. The van der Waals surface area contributed by atoms with Crippen molar-refractivity contribution in [1.29, 1.82) is 0 Å². The Morgan fingerprint density at radius 3 is 2.56 bits per heavy atom. The molecule has 6 nitrogen and oxygen atoms in total. The standard InChI is InChI=1S/C25H38N4O2S/c1-3-4-5-6-7-8-9-10-23-27-24(30)25(28-23)14-16-29(17-15-25)32(31)18-13-21-11-12-22(26)19-20(21)2/h11-13,18-19H,3-10,14-17,26H2,1-2H3,(H,27,28,30)/b18-13+/t32-/m0/s1. The van der Waals surface area contributed by atoms with E-state index in [0.717, 1.165) is 35.5 Å². The van der Waals surface area contributed by atoms with Crippen LogP contribution in [0.25, 0.3) is 6.08 Å². The number of benzene rings is 1. The van der Waals surface area contributed by atoms with Crippen molar-refractivity contribution in [3.63, 3.8) is 0 Å². The van der Waals surface area contributed by atoms with Crippen molar-refractivity contribution in [3.05, 3.63) is 34.7 Å². The van der Waals surface area contributed by atoms with Crippen molar-refractivity contribution >= 4 is 34.9 Å². The van der Waals surface area contributed by atoms with Crippen LogP contribution in [-0.2, 0) is 16.2 Å². The van der Waals surface area contributed by atoms with Gasteiger partial charge in [0.2, 0.25) is 0 Å². The largest absolute Gasteiger partial charge is 0.593 e. The van der Waals surface area contributed by atoms with Crippen LogP contribution in [0.3, 0.4) is 0 Å². The molecule has 2 heterocycles. The fourth-order valence-corrected chi connectivity index (χ4v) is 5.41. The number of unbranched alkanes of at least 4 members (excludes halogenated alkanes) is 6. The predicted molar refractivity (Wildman–Crippen MR) is 134 cm³/mol. The highest BCUT2D eigenvalue weighted by Gasteiger charge is 2.47. The van der Waals surface area contributed by atoms with E-state index in [4.69, 9.17) is 10.7 Å². The number of aryl methyl sites for hydroxylation is 1. The maximum Gasteiger partial charge on any atom is 0.253 e. The van der Waals surface area contributed by atoms with Crippen molar-refractivity contribution in [1.82, 2.24) is 9.62 Å². The summed E-state index contributed by atoms with van der Waals surface area (Å²) in [6.07, 6.45) is 12.7. The number of piperidine rings is 1. The molecule has 0 unspecified atom stereocenters. The maximum absolute atomic E-state index is 12.8. The fraction of sp³-hybridized carbons (Fsp3) is 0.600. The van der Waals surface area contributed by atoms with Gasteiger partial charge < -0.3 is 15.6 Å². The van der Waals surface area contributed by atoms with E-state index < -0.39 is 16.9 Å². The lowest BCUT2D eigenvalue weighted by Crippen LogP contribution is -2.50. The molecule has 1 spiro atoms. The second kappa shape index (κ2) is 11.9. The summed E-state index contributed by atoms with van der Waals surface area (Å²) < 4.78 is 14.7. The molecule has 0 bridgehead atoms. The molecule has 3 N–H and O–H groups in total. The monoisotopic (exact) mass is 458 g/mol. The van der Waals surface area contributed by atoms with Crippen molar-refractivity contribution in [3.8, 4) is 0 Å². The van der Waals surface area contributed by atoms with Crippen LogP contribution in [-0.4, -0.2) is 39.2 Å². The Morgan fingerprint density at radius 2 is 1.88 bits per heavy atom. The number of hydrogen-bond acceptors (Lipinski definition) is 5. The third-order valence-corrected chi connectivity index (χ3v) is 7.75. The Morgan fingerprint density at radius 1 is 1.19 bits per heavy atom. The Labute approximate surface area is 196 Å². The Bertz CT molecular complexity index is 831. The molecular weight excluding hydrogens is 420 g/mol. The van der Waals surface area contributed by atoms with E-state index in [1.165, 1.54) is 38.5 Å². The first kappa shape index (κ1) is 24.8. The van der Waals surface area contributed by atoms with Crippen molar-refractivity contribution in [2.75, 3.05) is 18.8 Å². The Hall–Kier alpha value is -1.83. The van der Waals surface area contributed by atoms with Crippen LogP contribution < -0.4 is 11.1 Å². The van der Waals surface area contributed by atoms with Crippen molar-refractivity contribution in [2.45, 2.75) is 83.6 Å². The highest BCUT2D eigenvalue weighted by Crippen LogP contribution is 2.32. The van der Waals surface area contributed by atoms with Crippen LogP contribution >= 0.6 is 0 Å². The minimum atomic E-state index is -1.23. The number of amidine groups is 1. The SMILES string of the molecule is CCCCCCCCCC1=NC2(CCN([S@@+]([O-])/C=C/c3ccc(N)cc3C)CC2)C(=O)N1. The summed E-state index contributed by atoms with van der Waals surface area (Å²) in [5, 5.41) is 4.74. The third-order valence-electron chi connectivity index (χ3n) is 6.51.